The SMILES string of the molecule is CCNC(c1cccc(C2CCC2)c1)c1ccc(Br)cn1. The molecule has 0 bridgehead atoms. The molecule has 1 fully saturated rings. The Morgan fingerprint density at radius 3 is 2.76 bits per heavy atom. The highest BCUT2D eigenvalue weighted by atomic mass is 79.9. The van der Waals surface area contributed by atoms with E-state index in [1.54, 1.807) is 0 Å². The molecule has 0 radical (unpaired) electrons. The lowest BCUT2D eigenvalue weighted by molar-refractivity contribution is 0.419. The van der Waals surface area contributed by atoms with Crippen LogP contribution in [-0.4, -0.2) is 11.5 Å². The van der Waals surface area contributed by atoms with Gasteiger partial charge in [-0.2, -0.15) is 0 Å². The van der Waals surface area contributed by atoms with Gasteiger partial charge in [-0.1, -0.05) is 37.6 Å². The normalized spacial score (nSPS) is 16.5. The molecular weight excluding hydrogens is 324 g/mol. The van der Waals surface area contributed by atoms with E-state index in [1.807, 2.05) is 6.20 Å². The number of hydrogen-bond donors (Lipinski definition) is 1. The maximum atomic E-state index is 4.57. The van der Waals surface area contributed by atoms with Crippen molar-refractivity contribution in [1.82, 2.24) is 10.3 Å². The maximum absolute atomic E-state index is 4.57. The minimum atomic E-state index is 0.170. The molecule has 0 amide bonds. The largest absolute Gasteiger partial charge is 0.305 e. The molecule has 110 valence electrons. The van der Waals surface area contributed by atoms with Crippen LogP contribution in [0, 0.1) is 0 Å². The molecule has 1 aliphatic carbocycles. The molecule has 1 unspecified atom stereocenters. The van der Waals surface area contributed by atoms with E-state index in [9.17, 15) is 0 Å². The van der Waals surface area contributed by atoms with E-state index in [0.29, 0.717) is 0 Å². The minimum absolute atomic E-state index is 0.170. The van der Waals surface area contributed by atoms with Crippen LogP contribution in [0.2, 0.25) is 0 Å². The molecule has 1 heterocycles. The average Bonchev–Trinajstić information content (AvgIpc) is 2.44. The third-order valence-electron chi connectivity index (χ3n) is 4.27. The fourth-order valence-corrected chi connectivity index (χ4v) is 3.12. The van der Waals surface area contributed by atoms with E-state index >= 15 is 0 Å². The molecule has 1 aromatic heterocycles. The van der Waals surface area contributed by atoms with E-state index < -0.39 is 0 Å². The number of rotatable bonds is 5. The van der Waals surface area contributed by atoms with Crippen molar-refractivity contribution in [2.75, 3.05) is 6.54 Å². The predicted molar refractivity (Wildman–Crippen MR) is 90.5 cm³/mol. The summed E-state index contributed by atoms with van der Waals surface area (Å²) in [6.45, 7) is 3.07. The van der Waals surface area contributed by atoms with Crippen molar-refractivity contribution in [2.24, 2.45) is 0 Å². The van der Waals surface area contributed by atoms with E-state index in [2.05, 4.69) is 69.6 Å². The standard InChI is InChI=1S/C18H21BrN2/c1-2-20-18(17-10-9-16(19)12-21-17)15-8-4-7-14(11-15)13-5-3-6-13/h4,7-13,18,20H,2-3,5-6H2,1H3. The van der Waals surface area contributed by atoms with E-state index in [1.165, 1.54) is 30.4 Å². The molecule has 1 saturated carbocycles. The van der Waals surface area contributed by atoms with Gasteiger partial charge in [0.15, 0.2) is 0 Å². The summed E-state index contributed by atoms with van der Waals surface area (Å²) in [5.74, 6) is 0.769. The smallest absolute Gasteiger partial charge is 0.0751 e. The zero-order chi connectivity index (χ0) is 14.7. The molecule has 2 nitrogen and oxygen atoms in total. The first kappa shape index (κ1) is 14.7. The minimum Gasteiger partial charge on any atom is -0.305 e. The van der Waals surface area contributed by atoms with Gasteiger partial charge in [-0.15, -0.1) is 0 Å². The number of aromatic nitrogens is 1. The van der Waals surface area contributed by atoms with Crippen LogP contribution < -0.4 is 5.32 Å². The van der Waals surface area contributed by atoms with Crippen LogP contribution in [0.4, 0.5) is 0 Å². The predicted octanol–water partition coefficient (Wildman–Crippen LogP) is 4.81. The Hall–Kier alpha value is -1.19. The van der Waals surface area contributed by atoms with Gasteiger partial charge in [0.1, 0.15) is 0 Å². The molecule has 1 atom stereocenters. The summed E-state index contributed by atoms with van der Waals surface area (Å²) in [4.78, 5) is 4.57. The zero-order valence-corrected chi connectivity index (χ0v) is 13.9. The molecule has 3 rings (SSSR count). The summed E-state index contributed by atoms with van der Waals surface area (Å²) in [6, 6.07) is 13.3. The first-order valence-corrected chi connectivity index (χ1v) is 8.52. The van der Waals surface area contributed by atoms with Gasteiger partial charge in [-0.25, -0.2) is 0 Å². The summed E-state index contributed by atoms with van der Waals surface area (Å²) in [7, 11) is 0. The van der Waals surface area contributed by atoms with Crippen LogP contribution in [0.1, 0.15) is 55.0 Å². The van der Waals surface area contributed by atoms with Gasteiger partial charge < -0.3 is 5.32 Å². The molecule has 1 aliphatic rings. The summed E-state index contributed by atoms with van der Waals surface area (Å²) in [5, 5.41) is 3.56. The number of benzene rings is 1. The highest BCUT2D eigenvalue weighted by Gasteiger charge is 2.21. The van der Waals surface area contributed by atoms with Crippen molar-refractivity contribution < 1.29 is 0 Å². The van der Waals surface area contributed by atoms with Crippen molar-refractivity contribution in [3.8, 4) is 0 Å². The summed E-state index contributed by atoms with van der Waals surface area (Å²) in [6.07, 6.45) is 5.92. The average molecular weight is 345 g/mol. The molecule has 0 spiro atoms. The number of nitrogens with zero attached hydrogens (tertiary/aromatic N) is 1. The lowest BCUT2D eigenvalue weighted by Gasteiger charge is -2.27. The van der Waals surface area contributed by atoms with Crippen LogP contribution in [0.15, 0.2) is 47.1 Å². The van der Waals surface area contributed by atoms with Crippen LogP contribution in [0.25, 0.3) is 0 Å². The molecule has 3 heteroatoms. The van der Waals surface area contributed by atoms with Crippen molar-refractivity contribution in [1.29, 1.82) is 0 Å². The van der Waals surface area contributed by atoms with Gasteiger partial charge >= 0.3 is 0 Å². The van der Waals surface area contributed by atoms with Crippen molar-refractivity contribution in [3.63, 3.8) is 0 Å². The number of nitrogens with one attached hydrogen (secondary N) is 1. The maximum Gasteiger partial charge on any atom is 0.0751 e. The number of hydrogen-bond acceptors (Lipinski definition) is 2. The fourth-order valence-electron chi connectivity index (χ4n) is 2.89. The van der Waals surface area contributed by atoms with Gasteiger partial charge in [-0.3, -0.25) is 4.98 Å². The fraction of sp³-hybridized carbons (Fsp3) is 0.389. The molecule has 0 aliphatic heterocycles. The first-order valence-electron chi connectivity index (χ1n) is 7.72. The Morgan fingerprint density at radius 2 is 2.14 bits per heavy atom. The van der Waals surface area contributed by atoms with Crippen molar-refractivity contribution >= 4 is 15.9 Å². The molecule has 2 aromatic rings. The van der Waals surface area contributed by atoms with Gasteiger partial charge in [0.2, 0.25) is 0 Å². The first-order chi connectivity index (χ1) is 10.3. The van der Waals surface area contributed by atoms with E-state index in [0.717, 1.165) is 22.6 Å². The van der Waals surface area contributed by atoms with Gasteiger partial charge in [-0.05, 0) is 64.5 Å². The third kappa shape index (κ3) is 3.35. The lowest BCUT2D eigenvalue weighted by atomic mass is 9.79. The lowest BCUT2D eigenvalue weighted by Crippen LogP contribution is -2.23. The second-order valence-electron chi connectivity index (χ2n) is 5.69. The quantitative estimate of drug-likeness (QED) is 0.841. The molecule has 0 saturated heterocycles. The number of pyridine rings is 1. The van der Waals surface area contributed by atoms with Crippen LogP contribution in [-0.2, 0) is 0 Å². The Labute approximate surface area is 135 Å². The second-order valence-corrected chi connectivity index (χ2v) is 6.61. The summed E-state index contributed by atoms with van der Waals surface area (Å²) >= 11 is 3.45. The third-order valence-corrected chi connectivity index (χ3v) is 4.74. The Bertz CT molecular complexity index is 590. The molecular formula is C18H21BrN2. The van der Waals surface area contributed by atoms with Crippen molar-refractivity contribution in [2.45, 2.75) is 38.1 Å². The van der Waals surface area contributed by atoms with Crippen LogP contribution in [0.5, 0.6) is 0 Å². The second kappa shape index (κ2) is 6.71. The molecule has 1 N–H and O–H groups in total. The molecule has 1 aromatic carbocycles. The number of halogens is 1. The van der Waals surface area contributed by atoms with Crippen LogP contribution >= 0.6 is 15.9 Å². The van der Waals surface area contributed by atoms with Crippen molar-refractivity contribution in [3.05, 3.63) is 63.9 Å². The highest BCUT2D eigenvalue weighted by molar-refractivity contribution is 9.10. The van der Waals surface area contributed by atoms with Gasteiger partial charge in [0.25, 0.3) is 0 Å². The summed E-state index contributed by atoms with van der Waals surface area (Å²) in [5.41, 5.74) is 3.88. The highest BCUT2D eigenvalue weighted by Crippen LogP contribution is 2.37. The Balaban J connectivity index is 1.91. The van der Waals surface area contributed by atoms with Crippen LogP contribution in [0.3, 0.4) is 0 Å². The summed E-state index contributed by atoms with van der Waals surface area (Å²) < 4.78 is 1.02. The van der Waals surface area contributed by atoms with Gasteiger partial charge in [0.05, 0.1) is 11.7 Å². The molecule has 21 heavy (non-hydrogen) atoms. The zero-order valence-electron chi connectivity index (χ0n) is 12.3. The Morgan fingerprint density at radius 1 is 1.29 bits per heavy atom. The van der Waals surface area contributed by atoms with Gasteiger partial charge in [0, 0.05) is 10.7 Å². The Kier molecular flexibility index (Phi) is 4.71. The van der Waals surface area contributed by atoms with E-state index in [-0.39, 0.29) is 6.04 Å². The van der Waals surface area contributed by atoms with E-state index in [4.69, 9.17) is 0 Å². The monoisotopic (exact) mass is 344 g/mol. The topological polar surface area (TPSA) is 24.9 Å².